The number of ether oxygens (including phenoxy) is 1. The zero-order valence-corrected chi connectivity index (χ0v) is 10.3. The molecule has 4 nitrogen and oxygen atoms in total. The van der Waals surface area contributed by atoms with Gasteiger partial charge in [0.2, 0.25) is 0 Å². The van der Waals surface area contributed by atoms with Crippen molar-refractivity contribution in [1.82, 2.24) is 0 Å². The number of esters is 1. The molecule has 0 amide bonds. The number of carbonyl (C=O) groups is 2. The molecule has 0 spiro atoms. The van der Waals surface area contributed by atoms with Crippen LogP contribution in [0.5, 0.6) is 0 Å². The van der Waals surface area contributed by atoms with Crippen LogP contribution in [-0.2, 0) is 27.2 Å². The van der Waals surface area contributed by atoms with Crippen molar-refractivity contribution in [3.05, 3.63) is 34.9 Å². The van der Waals surface area contributed by atoms with Crippen LogP contribution in [0.3, 0.4) is 0 Å². The highest BCUT2D eigenvalue weighted by Crippen LogP contribution is 2.14. The molecule has 0 aliphatic heterocycles. The van der Waals surface area contributed by atoms with E-state index in [1.165, 1.54) is 0 Å². The maximum Gasteiger partial charge on any atom is 0.310 e. The number of benzene rings is 1. The molecule has 0 aromatic heterocycles. The number of carbonyl (C=O) groups excluding carboxylic acids is 2. The average molecular weight is 245 g/mol. The smallest absolute Gasteiger partial charge is 0.310 e. The van der Waals surface area contributed by atoms with Gasteiger partial charge in [0.05, 0.1) is 24.7 Å². The Morgan fingerprint density at radius 2 is 2.28 bits per heavy atom. The van der Waals surface area contributed by atoms with E-state index in [9.17, 15) is 9.59 Å². The van der Waals surface area contributed by atoms with Gasteiger partial charge in [-0.05, 0) is 30.5 Å². The predicted octanol–water partition coefficient (Wildman–Crippen LogP) is 1.80. The van der Waals surface area contributed by atoms with Gasteiger partial charge in [-0.1, -0.05) is 12.1 Å². The number of hydrogen-bond donors (Lipinski definition) is 0. The molecule has 0 saturated carbocycles. The van der Waals surface area contributed by atoms with Crippen LogP contribution in [0.25, 0.3) is 0 Å². The van der Waals surface area contributed by atoms with Crippen LogP contribution in [0.2, 0.25) is 0 Å². The first-order chi connectivity index (χ1) is 8.71. The van der Waals surface area contributed by atoms with Crippen molar-refractivity contribution in [2.45, 2.75) is 26.2 Å². The summed E-state index contributed by atoms with van der Waals surface area (Å²) in [4.78, 5) is 21.7. The lowest BCUT2D eigenvalue weighted by Gasteiger charge is -2.06. The van der Waals surface area contributed by atoms with Gasteiger partial charge in [-0.25, -0.2) is 0 Å². The summed E-state index contributed by atoms with van der Waals surface area (Å²) in [5.41, 5.74) is 2.14. The Morgan fingerprint density at radius 3 is 2.89 bits per heavy atom. The van der Waals surface area contributed by atoms with Crippen LogP contribution in [-0.4, -0.2) is 18.9 Å². The van der Waals surface area contributed by atoms with Gasteiger partial charge in [0.1, 0.15) is 6.29 Å². The van der Waals surface area contributed by atoms with Crippen molar-refractivity contribution in [3.8, 4) is 6.07 Å². The topological polar surface area (TPSA) is 67.2 Å². The van der Waals surface area contributed by atoms with E-state index in [0.29, 0.717) is 25.0 Å². The molecule has 94 valence electrons. The summed E-state index contributed by atoms with van der Waals surface area (Å²) in [6.07, 6.45) is 1.90. The molecule has 0 bridgehead atoms. The van der Waals surface area contributed by atoms with Gasteiger partial charge in [0.15, 0.2) is 0 Å². The third kappa shape index (κ3) is 4.02. The van der Waals surface area contributed by atoms with E-state index in [0.717, 1.165) is 17.4 Å². The quantitative estimate of drug-likeness (QED) is 0.566. The van der Waals surface area contributed by atoms with Gasteiger partial charge in [-0.3, -0.25) is 4.79 Å². The van der Waals surface area contributed by atoms with Crippen LogP contribution in [0.15, 0.2) is 18.2 Å². The molecule has 0 N–H and O–H groups in total. The van der Waals surface area contributed by atoms with E-state index in [2.05, 4.69) is 6.07 Å². The Labute approximate surface area is 106 Å². The van der Waals surface area contributed by atoms with Gasteiger partial charge in [0.25, 0.3) is 0 Å². The standard InChI is InChI=1S/C14H15NO3/c1-2-18-14(17)9-11-5-6-13(10-15)12(8-11)4-3-7-16/h5-8H,2-4,9H2,1H3. The predicted molar refractivity (Wildman–Crippen MR) is 65.9 cm³/mol. The Morgan fingerprint density at radius 1 is 1.50 bits per heavy atom. The van der Waals surface area contributed by atoms with Gasteiger partial charge in [0, 0.05) is 6.42 Å². The minimum absolute atomic E-state index is 0.188. The lowest BCUT2D eigenvalue weighted by molar-refractivity contribution is -0.142. The van der Waals surface area contributed by atoms with Crippen LogP contribution in [0, 0.1) is 11.3 Å². The number of aryl methyl sites for hydroxylation is 1. The van der Waals surface area contributed by atoms with E-state index in [4.69, 9.17) is 10.00 Å². The zero-order valence-electron chi connectivity index (χ0n) is 10.3. The molecule has 1 rings (SSSR count). The third-order valence-corrected chi connectivity index (χ3v) is 2.48. The van der Waals surface area contributed by atoms with E-state index < -0.39 is 0 Å². The molecular formula is C14H15NO3. The summed E-state index contributed by atoms with van der Waals surface area (Å²) in [6.45, 7) is 2.11. The van der Waals surface area contributed by atoms with Gasteiger partial charge < -0.3 is 9.53 Å². The number of nitriles is 1. The Hall–Kier alpha value is -2.15. The Bertz CT molecular complexity index is 474. The van der Waals surface area contributed by atoms with Crippen molar-refractivity contribution in [1.29, 1.82) is 5.26 Å². The van der Waals surface area contributed by atoms with Crippen molar-refractivity contribution >= 4 is 12.3 Å². The van der Waals surface area contributed by atoms with Crippen LogP contribution in [0.1, 0.15) is 30.0 Å². The first kappa shape index (κ1) is 13.9. The van der Waals surface area contributed by atoms with Crippen molar-refractivity contribution in [2.75, 3.05) is 6.61 Å². The number of rotatable bonds is 6. The normalized spacial score (nSPS) is 9.56. The van der Waals surface area contributed by atoms with Gasteiger partial charge in [-0.15, -0.1) is 0 Å². The molecule has 4 heteroatoms. The van der Waals surface area contributed by atoms with E-state index in [1.807, 2.05) is 0 Å². The highest BCUT2D eigenvalue weighted by Gasteiger charge is 2.07. The molecule has 0 radical (unpaired) electrons. The monoisotopic (exact) mass is 245 g/mol. The van der Waals surface area contributed by atoms with E-state index in [1.54, 1.807) is 25.1 Å². The van der Waals surface area contributed by atoms with Crippen LogP contribution in [0.4, 0.5) is 0 Å². The minimum atomic E-state index is -0.288. The molecule has 1 aromatic carbocycles. The summed E-state index contributed by atoms with van der Waals surface area (Å²) in [5, 5.41) is 8.94. The summed E-state index contributed by atoms with van der Waals surface area (Å²) in [7, 11) is 0. The summed E-state index contributed by atoms with van der Waals surface area (Å²) in [6, 6.07) is 7.28. The Balaban J connectivity index is 2.85. The minimum Gasteiger partial charge on any atom is -0.466 e. The average Bonchev–Trinajstić information content (AvgIpc) is 2.36. The highest BCUT2D eigenvalue weighted by molar-refractivity contribution is 5.72. The first-order valence-electron chi connectivity index (χ1n) is 5.82. The second kappa shape index (κ2) is 7.23. The lowest BCUT2D eigenvalue weighted by Crippen LogP contribution is -2.08. The number of hydrogen-bond acceptors (Lipinski definition) is 4. The number of aldehydes is 1. The second-order valence-electron chi connectivity index (χ2n) is 3.79. The molecule has 18 heavy (non-hydrogen) atoms. The van der Waals surface area contributed by atoms with Gasteiger partial charge in [-0.2, -0.15) is 5.26 Å². The molecular weight excluding hydrogens is 230 g/mol. The van der Waals surface area contributed by atoms with Crippen molar-refractivity contribution < 1.29 is 14.3 Å². The molecule has 0 unspecified atom stereocenters. The van der Waals surface area contributed by atoms with E-state index in [-0.39, 0.29) is 12.4 Å². The van der Waals surface area contributed by atoms with Crippen LogP contribution >= 0.6 is 0 Å². The molecule has 0 saturated heterocycles. The van der Waals surface area contributed by atoms with Crippen LogP contribution < -0.4 is 0 Å². The number of nitrogens with zero attached hydrogens (tertiary/aromatic N) is 1. The second-order valence-corrected chi connectivity index (χ2v) is 3.79. The summed E-state index contributed by atoms with van der Waals surface area (Å²) < 4.78 is 4.86. The maximum absolute atomic E-state index is 11.3. The SMILES string of the molecule is CCOC(=O)Cc1ccc(C#N)c(CCC=O)c1. The lowest BCUT2D eigenvalue weighted by atomic mass is 9.99. The molecule has 0 atom stereocenters. The molecule has 0 fully saturated rings. The molecule has 0 heterocycles. The fourth-order valence-corrected chi connectivity index (χ4v) is 1.67. The van der Waals surface area contributed by atoms with Crippen molar-refractivity contribution in [3.63, 3.8) is 0 Å². The summed E-state index contributed by atoms with van der Waals surface area (Å²) >= 11 is 0. The Kier molecular flexibility index (Phi) is 5.59. The largest absolute Gasteiger partial charge is 0.466 e. The highest BCUT2D eigenvalue weighted by atomic mass is 16.5. The van der Waals surface area contributed by atoms with Gasteiger partial charge >= 0.3 is 5.97 Å². The molecule has 1 aromatic rings. The fourth-order valence-electron chi connectivity index (χ4n) is 1.67. The first-order valence-corrected chi connectivity index (χ1v) is 5.82. The van der Waals surface area contributed by atoms with Crippen molar-refractivity contribution in [2.24, 2.45) is 0 Å². The fraction of sp³-hybridized carbons (Fsp3) is 0.357. The molecule has 0 aliphatic carbocycles. The third-order valence-electron chi connectivity index (χ3n) is 2.48. The zero-order chi connectivity index (χ0) is 13.4. The maximum atomic E-state index is 11.3. The van der Waals surface area contributed by atoms with E-state index >= 15 is 0 Å². The summed E-state index contributed by atoms with van der Waals surface area (Å²) in [5.74, 6) is -0.288. The molecule has 0 aliphatic rings.